The second kappa shape index (κ2) is 5.26. The number of carbonyl (C=O) groups is 1. The molecule has 1 atom stereocenters. The van der Waals surface area contributed by atoms with Gasteiger partial charge in [-0.05, 0) is 24.6 Å². The van der Waals surface area contributed by atoms with Crippen LogP contribution < -0.4 is 5.73 Å². The van der Waals surface area contributed by atoms with Gasteiger partial charge in [-0.2, -0.15) is 5.26 Å². The number of hydrogen-bond donors (Lipinski definition) is 1. The lowest BCUT2D eigenvalue weighted by molar-refractivity contribution is -0.116. The molecule has 1 heterocycles. The molecule has 4 nitrogen and oxygen atoms in total. The van der Waals surface area contributed by atoms with Crippen LogP contribution in [0.4, 0.5) is 8.78 Å². The van der Waals surface area contributed by atoms with Gasteiger partial charge in [-0.1, -0.05) is 0 Å². The first-order valence-corrected chi connectivity index (χ1v) is 6.81. The molecule has 0 spiro atoms. The predicted octanol–water partition coefficient (Wildman–Crippen LogP) is 2.78. The van der Waals surface area contributed by atoms with Crippen molar-refractivity contribution < 1.29 is 18.3 Å². The van der Waals surface area contributed by atoms with E-state index >= 15 is 0 Å². The quantitative estimate of drug-likeness (QED) is 0.865. The Hall–Kier alpha value is -2.68. The summed E-state index contributed by atoms with van der Waals surface area (Å²) >= 11 is 0. The van der Waals surface area contributed by atoms with Gasteiger partial charge in [0.2, 0.25) is 5.88 Å². The number of carbonyl (C=O) groups excluding carboxylic acids is 1. The Morgan fingerprint density at radius 1 is 1.32 bits per heavy atom. The summed E-state index contributed by atoms with van der Waals surface area (Å²) in [5, 5.41) is 9.31. The fourth-order valence-electron chi connectivity index (χ4n) is 2.90. The van der Waals surface area contributed by atoms with E-state index in [2.05, 4.69) is 0 Å². The van der Waals surface area contributed by atoms with Crippen molar-refractivity contribution in [3.8, 4) is 6.07 Å². The van der Waals surface area contributed by atoms with Crippen LogP contribution in [-0.2, 0) is 9.53 Å². The van der Waals surface area contributed by atoms with Crippen LogP contribution in [-0.4, -0.2) is 5.78 Å². The molecule has 1 aromatic carbocycles. The molecule has 3 rings (SSSR count). The van der Waals surface area contributed by atoms with Crippen LogP contribution in [0.3, 0.4) is 0 Å². The average molecular weight is 302 g/mol. The van der Waals surface area contributed by atoms with Gasteiger partial charge in [0, 0.05) is 24.0 Å². The van der Waals surface area contributed by atoms with Crippen LogP contribution in [0.2, 0.25) is 0 Å². The van der Waals surface area contributed by atoms with Crippen molar-refractivity contribution in [2.75, 3.05) is 0 Å². The first-order chi connectivity index (χ1) is 10.5. The van der Waals surface area contributed by atoms with Gasteiger partial charge in [0.15, 0.2) is 5.78 Å². The number of nitrogens with zero attached hydrogens (tertiary/aromatic N) is 1. The van der Waals surface area contributed by atoms with Crippen LogP contribution in [0, 0.1) is 23.0 Å². The molecule has 0 saturated heterocycles. The molecular formula is C16H12F2N2O2. The van der Waals surface area contributed by atoms with Gasteiger partial charge < -0.3 is 10.5 Å². The van der Waals surface area contributed by atoms with Gasteiger partial charge in [-0.25, -0.2) is 8.78 Å². The lowest BCUT2D eigenvalue weighted by Gasteiger charge is -2.31. The molecule has 2 N–H and O–H groups in total. The number of hydrogen-bond acceptors (Lipinski definition) is 4. The van der Waals surface area contributed by atoms with Crippen molar-refractivity contribution in [2.24, 2.45) is 5.73 Å². The van der Waals surface area contributed by atoms with Gasteiger partial charge in [-0.15, -0.1) is 0 Å². The first-order valence-electron chi connectivity index (χ1n) is 6.81. The van der Waals surface area contributed by atoms with Crippen molar-refractivity contribution in [1.82, 2.24) is 0 Å². The zero-order valence-corrected chi connectivity index (χ0v) is 11.5. The number of benzene rings is 1. The molecule has 0 unspecified atom stereocenters. The number of ketones is 1. The van der Waals surface area contributed by atoms with Crippen molar-refractivity contribution in [2.45, 2.75) is 25.2 Å². The highest BCUT2D eigenvalue weighted by Gasteiger charge is 2.39. The van der Waals surface area contributed by atoms with Crippen molar-refractivity contribution in [1.29, 1.82) is 5.26 Å². The standard InChI is InChI=1S/C16H12F2N2O2/c17-8-4-5-11(18)9(6-8)14-10(7-19)16(20)22-13-3-1-2-12(21)15(13)14/h4-6,14H,1-3,20H2/t14-/m0/s1. The molecule has 1 aliphatic carbocycles. The van der Waals surface area contributed by atoms with E-state index in [-0.39, 0.29) is 34.8 Å². The van der Waals surface area contributed by atoms with Crippen LogP contribution in [0.5, 0.6) is 0 Å². The fourth-order valence-corrected chi connectivity index (χ4v) is 2.90. The minimum absolute atomic E-state index is 0.0708. The van der Waals surface area contributed by atoms with Gasteiger partial charge >= 0.3 is 0 Å². The zero-order valence-electron chi connectivity index (χ0n) is 11.5. The lowest BCUT2D eigenvalue weighted by Crippen LogP contribution is -2.28. The van der Waals surface area contributed by atoms with Gasteiger partial charge in [0.05, 0.1) is 5.92 Å². The lowest BCUT2D eigenvalue weighted by atomic mass is 9.77. The average Bonchev–Trinajstić information content (AvgIpc) is 2.48. The summed E-state index contributed by atoms with van der Waals surface area (Å²) < 4.78 is 33.0. The SMILES string of the molecule is N#CC1=C(N)OC2=C(C(=O)CCC2)[C@H]1c1cc(F)ccc1F. The molecule has 1 aromatic rings. The number of ether oxygens (including phenoxy) is 1. The number of halogens is 2. The third-order valence-corrected chi connectivity index (χ3v) is 3.87. The number of nitrogens with two attached hydrogens (primary N) is 1. The third kappa shape index (κ3) is 2.15. The Bertz CT molecular complexity index is 775. The fraction of sp³-hybridized carbons (Fsp3) is 0.250. The molecule has 0 aromatic heterocycles. The van der Waals surface area contributed by atoms with E-state index in [0.29, 0.717) is 18.6 Å². The normalized spacial score (nSPS) is 21.3. The molecule has 0 amide bonds. The topological polar surface area (TPSA) is 76.1 Å². The Morgan fingerprint density at radius 3 is 2.82 bits per heavy atom. The smallest absolute Gasteiger partial charge is 0.205 e. The van der Waals surface area contributed by atoms with Crippen molar-refractivity contribution >= 4 is 5.78 Å². The summed E-state index contributed by atoms with van der Waals surface area (Å²) in [6, 6.07) is 4.80. The van der Waals surface area contributed by atoms with E-state index in [1.54, 1.807) is 0 Å². The second-order valence-electron chi connectivity index (χ2n) is 5.20. The summed E-state index contributed by atoms with van der Waals surface area (Å²) in [5.74, 6) is -2.40. The number of allylic oxidation sites excluding steroid dienone is 3. The van der Waals surface area contributed by atoms with Gasteiger partial charge in [0.25, 0.3) is 0 Å². The van der Waals surface area contributed by atoms with Crippen molar-refractivity contribution in [3.63, 3.8) is 0 Å². The van der Waals surface area contributed by atoms with E-state index in [4.69, 9.17) is 10.5 Å². The molecule has 2 aliphatic rings. The maximum atomic E-state index is 14.2. The number of nitriles is 1. The molecule has 6 heteroatoms. The van der Waals surface area contributed by atoms with E-state index in [0.717, 1.165) is 18.2 Å². The number of rotatable bonds is 1. The molecule has 0 bridgehead atoms. The first kappa shape index (κ1) is 14.3. The van der Waals surface area contributed by atoms with E-state index < -0.39 is 17.6 Å². The largest absolute Gasteiger partial charge is 0.444 e. The maximum Gasteiger partial charge on any atom is 0.205 e. The predicted molar refractivity (Wildman–Crippen MR) is 72.9 cm³/mol. The van der Waals surface area contributed by atoms with Crippen LogP contribution in [0.25, 0.3) is 0 Å². The molecule has 0 fully saturated rings. The highest BCUT2D eigenvalue weighted by Crippen LogP contribution is 2.44. The summed E-state index contributed by atoms with van der Waals surface area (Å²) in [7, 11) is 0. The molecule has 0 radical (unpaired) electrons. The van der Waals surface area contributed by atoms with Crippen LogP contribution in [0.1, 0.15) is 30.7 Å². The monoisotopic (exact) mass is 302 g/mol. The Morgan fingerprint density at radius 2 is 2.09 bits per heavy atom. The van der Waals surface area contributed by atoms with E-state index in [1.807, 2.05) is 6.07 Å². The summed E-state index contributed by atoms with van der Waals surface area (Å²) in [6.45, 7) is 0. The highest BCUT2D eigenvalue weighted by molar-refractivity contribution is 5.99. The van der Waals surface area contributed by atoms with Crippen LogP contribution >= 0.6 is 0 Å². The molecular weight excluding hydrogens is 290 g/mol. The summed E-state index contributed by atoms with van der Waals surface area (Å²) in [5.41, 5.74) is 5.79. The van der Waals surface area contributed by atoms with Crippen molar-refractivity contribution in [3.05, 3.63) is 58.2 Å². The third-order valence-electron chi connectivity index (χ3n) is 3.87. The molecule has 22 heavy (non-hydrogen) atoms. The van der Waals surface area contributed by atoms with Crippen LogP contribution in [0.15, 0.2) is 41.0 Å². The van der Waals surface area contributed by atoms with Gasteiger partial charge in [-0.3, -0.25) is 4.79 Å². The highest BCUT2D eigenvalue weighted by atomic mass is 19.1. The summed E-state index contributed by atoms with van der Waals surface area (Å²) in [6.07, 6.45) is 1.37. The maximum absolute atomic E-state index is 14.2. The molecule has 112 valence electrons. The van der Waals surface area contributed by atoms with E-state index in [9.17, 15) is 18.8 Å². The zero-order chi connectivity index (χ0) is 15.9. The number of Topliss-reactive ketones (excluding diaryl/α,β-unsaturated/α-hetero) is 1. The summed E-state index contributed by atoms with van der Waals surface area (Å²) in [4.78, 5) is 12.2. The Kier molecular flexibility index (Phi) is 3.41. The van der Waals surface area contributed by atoms with Gasteiger partial charge in [0.1, 0.15) is 29.0 Å². The Balaban J connectivity index is 2.25. The van der Waals surface area contributed by atoms with E-state index in [1.165, 1.54) is 0 Å². The molecule has 0 saturated carbocycles. The Labute approximate surface area is 125 Å². The minimum atomic E-state index is -1.02. The molecule has 1 aliphatic heterocycles. The minimum Gasteiger partial charge on any atom is -0.444 e. The second-order valence-corrected chi connectivity index (χ2v) is 5.20.